The molecule has 2 heterocycles. The van der Waals surface area contributed by atoms with E-state index in [4.69, 9.17) is 27.9 Å². The molecule has 1 fully saturated rings. The zero-order valence-electron chi connectivity index (χ0n) is 11.8. The van der Waals surface area contributed by atoms with Crippen LogP contribution in [0.15, 0.2) is 30.9 Å². The Morgan fingerprint density at radius 3 is 2.76 bits per heavy atom. The fourth-order valence-electron chi connectivity index (χ4n) is 2.88. The molecule has 5 nitrogen and oxygen atoms in total. The lowest BCUT2D eigenvalue weighted by Crippen LogP contribution is -2.43. The Bertz CT molecular complexity index is 634. The van der Waals surface area contributed by atoms with E-state index >= 15 is 0 Å². The van der Waals surface area contributed by atoms with E-state index in [1.54, 1.807) is 17.1 Å². The second-order valence-electron chi connectivity index (χ2n) is 5.26. The predicted molar refractivity (Wildman–Crippen MR) is 81.3 cm³/mol. The molecule has 1 N–H and O–H groups in total. The van der Waals surface area contributed by atoms with Gasteiger partial charge in [-0.25, -0.2) is 9.67 Å². The van der Waals surface area contributed by atoms with Gasteiger partial charge in [-0.3, -0.25) is 5.32 Å². The molecule has 1 unspecified atom stereocenters. The topological polar surface area (TPSA) is 52.0 Å². The van der Waals surface area contributed by atoms with Crippen molar-refractivity contribution in [3.63, 3.8) is 0 Å². The predicted octanol–water partition coefficient (Wildman–Crippen LogP) is 2.83. The van der Waals surface area contributed by atoms with Gasteiger partial charge in [-0.1, -0.05) is 29.3 Å². The van der Waals surface area contributed by atoms with Crippen LogP contribution in [0.4, 0.5) is 0 Å². The molecule has 21 heavy (non-hydrogen) atoms. The molecule has 1 saturated heterocycles. The number of hydrogen-bond acceptors (Lipinski definition) is 4. The summed E-state index contributed by atoms with van der Waals surface area (Å²) in [7, 11) is 0. The van der Waals surface area contributed by atoms with Gasteiger partial charge in [0.05, 0.1) is 6.54 Å². The molecule has 0 saturated carbocycles. The van der Waals surface area contributed by atoms with Crippen LogP contribution >= 0.6 is 23.2 Å². The summed E-state index contributed by atoms with van der Waals surface area (Å²) in [4.78, 5) is 3.99. The largest absolute Gasteiger partial charge is 0.349 e. The van der Waals surface area contributed by atoms with Crippen molar-refractivity contribution < 1.29 is 4.74 Å². The van der Waals surface area contributed by atoms with E-state index in [0.29, 0.717) is 16.6 Å². The lowest BCUT2D eigenvalue weighted by Gasteiger charge is -2.33. The Hall–Kier alpha value is -1.14. The van der Waals surface area contributed by atoms with Crippen molar-refractivity contribution in [2.45, 2.75) is 38.3 Å². The normalized spacial score (nSPS) is 29.0. The van der Waals surface area contributed by atoms with Gasteiger partial charge in [-0.05, 0) is 26.0 Å². The average molecular weight is 327 g/mol. The maximum Gasteiger partial charge on any atom is 0.137 e. The number of aromatic nitrogens is 3. The molecule has 0 aliphatic carbocycles. The number of hydrogen-bond donors (Lipinski definition) is 1. The van der Waals surface area contributed by atoms with Crippen molar-refractivity contribution in [2.75, 3.05) is 0 Å². The van der Waals surface area contributed by atoms with Crippen molar-refractivity contribution in [1.82, 2.24) is 20.1 Å². The van der Waals surface area contributed by atoms with Crippen molar-refractivity contribution in [1.29, 1.82) is 0 Å². The highest BCUT2D eigenvalue weighted by Gasteiger charge is 2.48. The minimum Gasteiger partial charge on any atom is -0.349 e. The number of ether oxygens (including phenoxy) is 1. The maximum absolute atomic E-state index is 6.41. The molecule has 7 heteroatoms. The van der Waals surface area contributed by atoms with Crippen molar-refractivity contribution in [2.24, 2.45) is 0 Å². The molecule has 3 rings (SSSR count). The Labute approximate surface area is 133 Å². The molecule has 0 bridgehead atoms. The van der Waals surface area contributed by atoms with E-state index in [9.17, 15) is 0 Å². The van der Waals surface area contributed by atoms with Gasteiger partial charge >= 0.3 is 0 Å². The van der Waals surface area contributed by atoms with Crippen molar-refractivity contribution in [3.8, 4) is 0 Å². The Balaban J connectivity index is 2.07. The third-order valence-electron chi connectivity index (χ3n) is 3.82. The summed E-state index contributed by atoms with van der Waals surface area (Å²) in [6.07, 6.45) is 3.11. The molecule has 1 aromatic carbocycles. The molecule has 0 spiro atoms. The zero-order valence-corrected chi connectivity index (χ0v) is 13.3. The van der Waals surface area contributed by atoms with Crippen LogP contribution in [0, 0.1) is 0 Å². The molecule has 1 aliphatic heterocycles. The SMILES string of the molecule is CC1N[C@H](C)[C@](Cn2cncn2)(c2ccc(Cl)cc2Cl)O1. The average Bonchev–Trinajstić information content (AvgIpc) is 2.99. The standard InChI is InChI=1S/C14H16Cl2N4O/c1-9-14(21-10(2)19-9,6-20-8-17-7-18-20)12-4-3-11(15)5-13(12)16/h3-5,7-10,19H,6H2,1-2H3/t9-,10?,14-/m1/s1. The second kappa shape index (κ2) is 5.57. The minimum atomic E-state index is -0.616. The van der Waals surface area contributed by atoms with Crippen LogP contribution in [0.1, 0.15) is 19.4 Å². The van der Waals surface area contributed by atoms with Crippen LogP contribution in [0.5, 0.6) is 0 Å². The number of nitrogens with one attached hydrogen (secondary N) is 1. The fraction of sp³-hybridized carbons (Fsp3) is 0.429. The lowest BCUT2D eigenvalue weighted by atomic mass is 9.87. The van der Waals surface area contributed by atoms with Crippen molar-refractivity contribution >= 4 is 23.2 Å². The van der Waals surface area contributed by atoms with Crippen LogP contribution in [-0.2, 0) is 16.9 Å². The highest BCUT2D eigenvalue weighted by molar-refractivity contribution is 6.35. The third kappa shape index (κ3) is 2.66. The van der Waals surface area contributed by atoms with Crippen molar-refractivity contribution in [3.05, 3.63) is 46.5 Å². The fourth-order valence-corrected chi connectivity index (χ4v) is 3.45. The first kappa shape index (κ1) is 14.8. The monoisotopic (exact) mass is 326 g/mol. The highest BCUT2D eigenvalue weighted by atomic mass is 35.5. The smallest absolute Gasteiger partial charge is 0.137 e. The van der Waals surface area contributed by atoms with E-state index in [1.165, 1.54) is 6.33 Å². The van der Waals surface area contributed by atoms with Gasteiger partial charge < -0.3 is 4.74 Å². The zero-order chi connectivity index (χ0) is 15.0. The number of nitrogens with zero attached hydrogens (tertiary/aromatic N) is 3. The van der Waals surface area contributed by atoms with E-state index in [2.05, 4.69) is 22.3 Å². The first-order valence-electron chi connectivity index (χ1n) is 6.73. The molecule has 0 amide bonds. The molecule has 2 aromatic rings. The van der Waals surface area contributed by atoms with E-state index in [0.717, 1.165) is 5.56 Å². The van der Waals surface area contributed by atoms with Gasteiger partial charge in [0.15, 0.2) is 0 Å². The molecule has 112 valence electrons. The second-order valence-corrected chi connectivity index (χ2v) is 6.10. The summed E-state index contributed by atoms with van der Waals surface area (Å²) < 4.78 is 7.97. The molecule has 1 aromatic heterocycles. The van der Waals surface area contributed by atoms with Gasteiger partial charge in [0.2, 0.25) is 0 Å². The summed E-state index contributed by atoms with van der Waals surface area (Å²) in [5.74, 6) is 0. The van der Waals surface area contributed by atoms with Crippen LogP contribution in [0.2, 0.25) is 10.0 Å². The third-order valence-corrected chi connectivity index (χ3v) is 4.37. The summed E-state index contributed by atoms with van der Waals surface area (Å²) in [5.41, 5.74) is 0.280. The highest BCUT2D eigenvalue weighted by Crippen LogP contribution is 2.41. The van der Waals surface area contributed by atoms with Crippen LogP contribution in [0.25, 0.3) is 0 Å². The van der Waals surface area contributed by atoms with Gasteiger partial charge in [0, 0.05) is 21.7 Å². The minimum absolute atomic E-state index is 0.0652. The molecular weight excluding hydrogens is 311 g/mol. The maximum atomic E-state index is 6.41. The van der Waals surface area contributed by atoms with Gasteiger partial charge in [0.1, 0.15) is 24.5 Å². The summed E-state index contributed by atoms with van der Waals surface area (Å²) >= 11 is 12.4. The van der Waals surface area contributed by atoms with Crippen LogP contribution in [0.3, 0.4) is 0 Å². The van der Waals surface area contributed by atoms with E-state index in [-0.39, 0.29) is 12.3 Å². The quantitative estimate of drug-likeness (QED) is 0.942. The summed E-state index contributed by atoms with van der Waals surface area (Å²) in [6.45, 7) is 4.57. The number of benzene rings is 1. The Morgan fingerprint density at radius 1 is 1.38 bits per heavy atom. The number of rotatable bonds is 3. The van der Waals surface area contributed by atoms with Gasteiger partial charge in [-0.2, -0.15) is 5.10 Å². The van der Waals surface area contributed by atoms with Crippen LogP contribution < -0.4 is 5.32 Å². The molecule has 1 aliphatic rings. The van der Waals surface area contributed by atoms with Gasteiger partial charge in [-0.15, -0.1) is 0 Å². The first-order chi connectivity index (χ1) is 10.0. The lowest BCUT2D eigenvalue weighted by molar-refractivity contribution is -0.0584. The molecule has 0 radical (unpaired) electrons. The Kier molecular flexibility index (Phi) is 3.92. The number of halogens is 2. The summed E-state index contributed by atoms with van der Waals surface area (Å²) in [5, 5.41) is 8.76. The first-order valence-corrected chi connectivity index (χ1v) is 7.49. The summed E-state index contributed by atoms with van der Waals surface area (Å²) in [6, 6.07) is 5.54. The van der Waals surface area contributed by atoms with E-state index in [1.807, 2.05) is 19.1 Å². The van der Waals surface area contributed by atoms with E-state index < -0.39 is 5.60 Å². The Morgan fingerprint density at radius 2 is 2.19 bits per heavy atom. The van der Waals surface area contributed by atoms with Crippen LogP contribution in [-0.4, -0.2) is 27.0 Å². The van der Waals surface area contributed by atoms with Gasteiger partial charge in [0.25, 0.3) is 0 Å². The molecular formula is C14H16Cl2N4O. The molecule has 3 atom stereocenters.